The number of halogens is 1. The van der Waals surface area contributed by atoms with Gasteiger partial charge in [0.2, 0.25) is 0 Å². The lowest BCUT2D eigenvalue weighted by atomic mass is 10.1. The first kappa shape index (κ1) is 15.1. The Hall–Kier alpha value is -1.95. The molecular formula is C12H17ClN4O2. The first-order chi connectivity index (χ1) is 9.05. The maximum absolute atomic E-state index is 11.8. The molecule has 1 aromatic rings. The van der Waals surface area contributed by atoms with Gasteiger partial charge in [-0.05, 0) is 24.6 Å². The first-order valence-electron chi connectivity index (χ1n) is 5.84. The third-order valence-corrected chi connectivity index (χ3v) is 2.73. The molecule has 104 valence electrons. The summed E-state index contributed by atoms with van der Waals surface area (Å²) in [7, 11) is 0. The zero-order chi connectivity index (χ0) is 14.3. The van der Waals surface area contributed by atoms with E-state index in [4.69, 9.17) is 22.5 Å². The molecule has 0 aliphatic rings. The van der Waals surface area contributed by atoms with Crippen LogP contribution >= 0.6 is 11.6 Å². The average Bonchev–Trinajstić information content (AvgIpc) is 2.37. The minimum Gasteiger partial charge on any atom is -0.409 e. The molecule has 0 aliphatic heterocycles. The van der Waals surface area contributed by atoms with Crippen molar-refractivity contribution in [3.63, 3.8) is 0 Å². The van der Waals surface area contributed by atoms with Crippen LogP contribution in [0.5, 0.6) is 0 Å². The lowest BCUT2D eigenvalue weighted by molar-refractivity contribution is 0.248. The summed E-state index contributed by atoms with van der Waals surface area (Å²) in [6.45, 7) is 1.90. The number of carbonyl (C=O) groups excluding carboxylic acids is 1. The molecule has 0 bridgehead atoms. The number of rotatable bonds is 5. The summed E-state index contributed by atoms with van der Waals surface area (Å²) in [5, 5.41) is 17.3. The minimum absolute atomic E-state index is 0.0786. The Kier molecular flexibility index (Phi) is 5.95. The number of benzene rings is 1. The number of nitrogens with one attached hydrogen (secondary N) is 2. The molecule has 0 saturated heterocycles. The van der Waals surface area contributed by atoms with Crippen molar-refractivity contribution in [3.8, 4) is 0 Å². The molecule has 0 heterocycles. The second kappa shape index (κ2) is 7.48. The molecule has 6 nitrogen and oxygen atoms in total. The van der Waals surface area contributed by atoms with E-state index < -0.39 is 0 Å². The number of anilines is 1. The quantitative estimate of drug-likeness (QED) is 0.289. The van der Waals surface area contributed by atoms with Crippen molar-refractivity contribution >= 4 is 29.2 Å². The summed E-state index contributed by atoms with van der Waals surface area (Å²) in [4.78, 5) is 11.8. The van der Waals surface area contributed by atoms with Crippen molar-refractivity contribution in [2.75, 3.05) is 5.32 Å². The van der Waals surface area contributed by atoms with Crippen molar-refractivity contribution in [2.24, 2.45) is 10.9 Å². The number of nitrogens with zero attached hydrogens (tertiary/aromatic N) is 1. The van der Waals surface area contributed by atoms with Crippen LogP contribution < -0.4 is 16.4 Å². The second-order valence-corrected chi connectivity index (χ2v) is 4.45. The van der Waals surface area contributed by atoms with E-state index in [1.165, 1.54) is 0 Å². The summed E-state index contributed by atoms with van der Waals surface area (Å²) in [6, 6.07) is 6.28. The summed E-state index contributed by atoms with van der Waals surface area (Å²) < 4.78 is 0. The van der Waals surface area contributed by atoms with Crippen LogP contribution in [0.1, 0.15) is 19.8 Å². The van der Waals surface area contributed by atoms with Gasteiger partial charge in [-0.3, -0.25) is 0 Å². The Bertz CT molecular complexity index is 465. The lowest BCUT2D eigenvalue weighted by Crippen LogP contribution is -2.40. The molecule has 2 amide bonds. The minimum atomic E-state index is -0.361. The zero-order valence-corrected chi connectivity index (χ0v) is 11.3. The largest absolute Gasteiger partial charge is 0.409 e. The van der Waals surface area contributed by atoms with Crippen LogP contribution in [0.2, 0.25) is 5.02 Å². The van der Waals surface area contributed by atoms with Crippen LogP contribution in [0.3, 0.4) is 0 Å². The van der Waals surface area contributed by atoms with E-state index >= 15 is 0 Å². The van der Waals surface area contributed by atoms with E-state index in [1.807, 2.05) is 6.92 Å². The summed E-state index contributed by atoms with van der Waals surface area (Å²) in [5.74, 6) is 0.0786. The van der Waals surface area contributed by atoms with Gasteiger partial charge in [-0.2, -0.15) is 0 Å². The van der Waals surface area contributed by atoms with Gasteiger partial charge in [0.25, 0.3) is 0 Å². The number of urea groups is 1. The van der Waals surface area contributed by atoms with Crippen molar-refractivity contribution in [1.82, 2.24) is 5.32 Å². The molecule has 0 aromatic heterocycles. The molecule has 1 aromatic carbocycles. The molecule has 0 radical (unpaired) electrons. The highest BCUT2D eigenvalue weighted by atomic mass is 35.5. The smallest absolute Gasteiger partial charge is 0.319 e. The number of amides is 2. The molecule has 0 spiro atoms. The molecule has 1 rings (SSSR count). The van der Waals surface area contributed by atoms with Gasteiger partial charge in [-0.25, -0.2) is 4.79 Å². The third-order valence-electron chi connectivity index (χ3n) is 2.49. The first-order valence-corrected chi connectivity index (χ1v) is 6.22. The van der Waals surface area contributed by atoms with E-state index in [0.29, 0.717) is 17.1 Å². The SMILES string of the molecule is CCC(CC(N)=NO)NC(=O)Nc1cccc(Cl)c1. The molecule has 0 aliphatic carbocycles. The van der Waals surface area contributed by atoms with Gasteiger partial charge in [0.15, 0.2) is 0 Å². The van der Waals surface area contributed by atoms with Crippen LogP contribution in [-0.4, -0.2) is 23.1 Å². The predicted octanol–water partition coefficient (Wildman–Crippen LogP) is 2.38. The van der Waals surface area contributed by atoms with E-state index in [9.17, 15) is 4.79 Å². The van der Waals surface area contributed by atoms with E-state index in [1.54, 1.807) is 24.3 Å². The number of hydrogen-bond acceptors (Lipinski definition) is 3. The second-order valence-electron chi connectivity index (χ2n) is 4.01. The number of amidine groups is 1. The normalized spacial score (nSPS) is 12.8. The summed E-state index contributed by atoms with van der Waals surface area (Å²) in [6.07, 6.45) is 0.954. The highest BCUT2D eigenvalue weighted by Gasteiger charge is 2.12. The van der Waals surface area contributed by atoms with Gasteiger partial charge < -0.3 is 21.6 Å². The van der Waals surface area contributed by atoms with Gasteiger partial charge in [-0.15, -0.1) is 0 Å². The van der Waals surface area contributed by atoms with E-state index in [2.05, 4.69) is 15.8 Å². The Balaban J connectivity index is 2.54. The number of nitrogens with two attached hydrogens (primary N) is 1. The van der Waals surface area contributed by atoms with Crippen LogP contribution in [0, 0.1) is 0 Å². The molecule has 5 N–H and O–H groups in total. The zero-order valence-electron chi connectivity index (χ0n) is 10.6. The fourth-order valence-corrected chi connectivity index (χ4v) is 1.70. The van der Waals surface area contributed by atoms with Gasteiger partial charge in [-0.1, -0.05) is 29.7 Å². The number of carbonyl (C=O) groups is 1. The van der Waals surface area contributed by atoms with E-state index in [-0.39, 0.29) is 24.3 Å². The fourth-order valence-electron chi connectivity index (χ4n) is 1.51. The standard InChI is InChI=1S/C12H17ClN4O2/c1-2-9(7-11(14)17-19)15-12(18)16-10-5-3-4-8(13)6-10/h3-6,9,19H,2,7H2,1H3,(H2,14,17)(H2,15,16,18). The van der Waals surface area contributed by atoms with Crippen molar-refractivity contribution < 1.29 is 10.0 Å². The van der Waals surface area contributed by atoms with Crippen molar-refractivity contribution in [2.45, 2.75) is 25.8 Å². The van der Waals surface area contributed by atoms with Crippen LogP contribution in [0.4, 0.5) is 10.5 Å². The molecule has 7 heteroatoms. The van der Waals surface area contributed by atoms with Gasteiger partial charge >= 0.3 is 6.03 Å². The molecule has 19 heavy (non-hydrogen) atoms. The number of oxime groups is 1. The summed E-state index contributed by atoms with van der Waals surface area (Å²) >= 11 is 5.82. The van der Waals surface area contributed by atoms with Gasteiger partial charge in [0.05, 0.1) is 0 Å². The highest BCUT2D eigenvalue weighted by molar-refractivity contribution is 6.30. The molecular weight excluding hydrogens is 268 g/mol. The number of hydrogen-bond donors (Lipinski definition) is 4. The van der Waals surface area contributed by atoms with Crippen LogP contribution in [0.15, 0.2) is 29.4 Å². The molecule has 1 atom stereocenters. The average molecular weight is 285 g/mol. The fraction of sp³-hybridized carbons (Fsp3) is 0.333. The van der Waals surface area contributed by atoms with Crippen molar-refractivity contribution in [1.29, 1.82) is 0 Å². The Morgan fingerprint density at radius 1 is 1.58 bits per heavy atom. The maximum Gasteiger partial charge on any atom is 0.319 e. The Labute approximate surface area is 116 Å². The monoisotopic (exact) mass is 284 g/mol. The Morgan fingerprint density at radius 2 is 2.32 bits per heavy atom. The Morgan fingerprint density at radius 3 is 2.89 bits per heavy atom. The summed E-state index contributed by atoms with van der Waals surface area (Å²) in [5.41, 5.74) is 6.01. The molecule has 0 saturated carbocycles. The van der Waals surface area contributed by atoms with Gasteiger partial charge in [0.1, 0.15) is 5.84 Å². The lowest BCUT2D eigenvalue weighted by Gasteiger charge is -2.16. The molecule has 0 fully saturated rings. The predicted molar refractivity (Wildman–Crippen MR) is 75.7 cm³/mol. The van der Waals surface area contributed by atoms with Crippen molar-refractivity contribution in [3.05, 3.63) is 29.3 Å². The molecule has 1 unspecified atom stereocenters. The van der Waals surface area contributed by atoms with E-state index in [0.717, 1.165) is 0 Å². The topological polar surface area (TPSA) is 99.7 Å². The maximum atomic E-state index is 11.8. The van der Waals surface area contributed by atoms with Gasteiger partial charge in [0, 0.05) is 23.2 Å². The third kappa shape index (κ3) is 5.48. The highest BCUT2D eigenvalue weighted by Crippen LogP contribution is 2.14. The van der Waals surface area contributed by atoms with Crippen LogP contribution in [-0.2, 0) is 0 Å². The van der Waals surface area contributed by atoms with Crippen LogP contribution in [0.25, 0.3) is 0 Å².